The average molecular weight is 404 g/mol. The first-order valence-electron chi connectivity index (χ1n) is 9.81. The second kappa shape index (κ2) is 8.37. The van der Waals surface area contributed by atoms with E-state index in [0.717, 1.165) is 11.3 Å². The van der Waals surface area contributed by atoms with Crippen LogP contribution in [0.1, 0.15) is 29.0 Å². The highest BCUT2D eigenvalue weighted by atomic mass is 16.5. The van der Waals surface area contributed by atoms with E-state index < -0.39 is 6.17 Å². The van der Waals surface area contributed by atoms with E-state index in [0.29, 0.717) is 35.1 Å². The molecule has 0 saturated heterocycles. The summed E-state index contributed by atoms with van der Waals surface area (Å²) in [5.74, 6) is 1.70. The Hall–Kier alpha value is -3.67. The molecule has 154 valence electrons. The van der Waals surface area contributed by atoms with Crippen LogP contribution in [0.25, 0.3) is 0 Å². The second-order valence-electron chi connectivity index (χ2n) is 6.75. The van der Waals surface area contributed by atoms with Crippen molar-refractivity contribution < 1.29 is 19.0 Å². The van der Waals surface area contributed by atoms with Gasteiger partial charge in [0, 0.05) is 11.3 Å². The summed E-state index contributed by atoms with van der Waals surface area (Å²) in [6.45, 7) is 2.43. The van der Waals surface area contributed by atoms with Crippen molar-refractivity contribution in [3.8, 4) is 17.2 Å². The Morgan fingerprint density at radius 2 is 1.63 bits per heavy atom. The van der Waals surface area contributed by atoms with Crippen LogP contribution in [0.5, 0.6) is 17.2 Å². The molecule has 3 aromatic carbocycles. The van der Waals surface area contributed by atoms with E-state index in [1.54, 1.807) is 19.1 Å². The third kappa shape index (κ3) is 3.30. The van der Waals surface area contributed by atoms with Crippen LogP contribution in [0.4, 0.5) is 11.4 Å². The Balaban J connectivity index is 1.93. The standard InChI is InChI=1S/C24H24N2O4/c1-4-30-21-15-9-11-17(22(21)29-3)23-25-18-12-6-5-10-16(18)24(27)26(23)19-13-7-8-14-20(19)28-2/h5-15,23,25H,4H2,1-3H3/t23-/m1/s1. The quantitative estimate of drug-likeness (QED) is 0.635. The van der Waals surface area contributed by atoms with Crippen LogP contribution in [0.2, 0.25) is 0 Å². The maximum absolute atomic E-state index is 13.6. The van der Waals surface area contributed by atoms with Gasteiger partial charge in [0.2, 0.25) is 0 Å². The molecule has 0 aliphatic carbocycles. The summed E-state index contributed by atoms with van der Waals surface area (Å²) in [6, 6.07) is 20.6. The third-order valence-corrected chi connectivity index (χ3v) is 5.08. The van der Waals surface area contributed by atoms with Gasteiger partial charge in [-0.3, -0.25) is 9.69 Å². The van der Waals surface area contributed by atoms with Crippen molar-refractivity contribution in [1.29, 1.82) is 0 Å². The van der Waals surface area contributed by atoms with Crippen LogP contribution < -0.4 is 24.4 Å². The predicted octanol–water partition coefficient (Wildman–Crippen LogP) is 4.87. The molecule has 0 aromatic heterocycles. The lowest BCUT2D eigenvalue weighted by atomic mass is 10.0. The van der Waals surface area contributed by atoms with Gasteiger partial charge in [0.1, 0.15) is 11.9 Å². The van der Waals surface area contributed by atoms with Gasteiger partial charge in [-0.15, -0.1) is 0 Å². The molecule has 1 N–H and O–H groups in total. The smallest absolute Gasteiger partial charge is 0.262 e. The summed E-state index contributed by atoms with van der Waals surface area (Å²) in [4.78, 5) is 15.3. The van der Waals surface area contributed by atoms with Gasteiger partial charge in [-0.2, -0.15) is 0 Å². The first-order chi connectivity index (χ1) is 14.7. The fourth-order valence-electron chi connectivity index (χ4n) is 3.78. The largest absolute Gasteiger partial charge is 0.495 e. The zero-order valence-electron chi connectivity index (χ0n) is 17.2. The monoisotopic (exact) mass is 404 g/mol. The van der Waals surface area contributed by atoms with Crippen molar-refractivity contribution in [3.63, 3.8) is 0 Å². The van der Waals surface area contributed by atoms with Crippen molar-refractivity contribution in [2.75, 3.05) is 31.0 Å². The fourth-order valence-corrected chi connectivity index (χ4v) is 3.78. The van der Waals surface area contributed by atoms with Crippen LogP contribution in [0, 0.1) is 0 Å². The van der Waals surface area contributed by atoms with Gasteiger partial charge in [-0.1, -0.05) is 36.4 Å². The number of rotatable bonds is 6. The first kappa shape index (κ1) is 19.6. The molecule has 0 radical (unpaired) electrons. The number of nitrogens with one attached hydrogen (secondary N) is 1. The van der Waals surface area contributed by atoms with Crippen molar-refractivity contribution >= 4 is 17.3 Å². The lowest BCUT2D eigenvalue weighted by Gasteiger charge is -2.39. The highest BCUT2D eigenvalue weighted by Crippen LogP contribution is 2.44. The Kier molecular flexibility index (Phi) is 5.48. The normalized spacial score (nSPS) is 15.2. The molecule has 3 aromatic rings. The number of carbonyl (C=O) groups is 1. The van der Waals surface area contributed by atoms with Gasteiger partial charge in [-0.05, 0) is 37.3 Å². The summed E-state index contributed by atoms with van der Waals surface area (Å²) in [5.41, 5.74) is 2.82. The highest BCUT2D eigenvalue weighted by Gasteiger charge is 2.37. The minimum atomic E-state index is -0.515. The summed E-state index contributed by atoms with van der Waals surface area (Å²) in [7, 11) is 3.20. The Bertz CT molecular complexity index is 1070. The van der Waals surface area contributed by atoms with E-state index in [4.69, 9.17) is 14.2 Å². The van der Waals surface area contributed by atoms with Crippen LogP contribution in [0.3, 0.4) is 0 Å². The molecule has 0 saturated carbocycles. The van der Waals surface area contributed by atoms with Crippen molar-refractivity contribution in [3.05, 3.63) is 77.9 Å². The molecule has 1 heterocycles. The maximum atomic E-state index is 13.6. The van der Waals surface area contributed by atoms with E-state index in [1.165, 1.54) is 0 Å². The number of methoxy groups -OCH3 is 2. The average Bonchev–Trinajstić information content (AvgIpc) is 2.79. The number of hydrogen-bond donors (Lipinski definition) is 1. The molecule has 4 rings (SSSR count). The van der Waals surface area contributed by atoms with Crippen LogP contribution >= 0.6 is 0 Å². The van der Waals surface area contributed by atoms with E-state index >= 15 is 0 Å². The van der Waals surface area contributed by atoms with E-state index in [-0.39, 0.29) is 5.91 Å². The van der Waals surface area contributed by atoms with Gasteiger partial charge < -0.3 is 19.5 Å². The molecule has 1 aliphatic rings. The topological polar surface area (TPSA) is 60.0 Å². The second-order valence-corrected chi connectivity index (χ2v) is 6.75. The van der Waals surface area contributed by atoms with Crippen LogP contribution in [-0.4, -0.2) is 26.7 Å². The molecular weight excluding hydrogens is 380 g/mol. The minimum absolute atomic E-state index is 0.122. The number of amides is 1. The Morgan fingerprint density at radius 1 is 0.900 bits per heavy atom. The lowest BCUT2D eigenvalue weighted by Crippen LogP contribution is -2.43. The summed E-state index contributed by atoms with van der Waals surface area (Å²) >= 11 is 0. The molecule has 6 heteroatoms. The molecular formula is C24H24N2O4. The van der Waals surface area contributed by atoms with Crippen molar-refractivity contribution in [2.24, 2.45) is 0 Å². The molecule has 6 nitrogen and oxygen atoms in total. The number of fused-ring (bicyclic) bond motifs is 1. The molecule has 0 fully saturated rings. The minimum Gasteiger partial charge on any atom is -0.495 e. The summed E-state index contributed by atoms with van der Waals surface area (Å²) < 4.78 is 17.0. The molecule has 1 atom stereocenters. The van der Waals surface area contributed by atoms with Gasteiger partial charge in [0.15, 0.2) is 11.5 Å². The lowest BCUT2D eigenvalue weighted by molar-refractivity contribution is 0.0973. The van der Waals surface area contributed by atoms with Gasteiger partial charge in [0.05, 0.1) is 32.1 Å². The molecule has 30 heavy (non-hydrogen) atoms. The first-order valence-corrected chi connectivity index (χ1v) is 9.81. The highest BCUT2D eigenvalue weighted by molar-refractivity contribution is 6.12. The van der Waals surface area contributed by atoms with E-state index in [1.807, 2.05) is 73.7 Å². The molecule has 0 spiro atoms. The fraction of sp³-hybridized carbons (Fsp3) is 0.208. The van der Waals surface area contributed by atoms with Crippen LogP contribution in [0.15, 0.2) is 66.7 Å². The number of carbonyl (C=O) groups excluding carboxylic acids is 1. The molecule has 1 aliphatic heterocycles. The number of anilines is 2. The zero-order valence-corrected chi connectivity index (χ0v) is 17.2. The van der Waals surface area contributed by atoms with Crippen molar-refractivity contribution in [1.82, 2.24) is 0 Å². The third-order valence-electron chi connectivity index (χ3n) is 5.08. The number of para-hydroxylation sites is 4. The SMILES string of the molecule is CCOc1cccc([C@@H]2Nc3ccccc3C(=O)N2c2ccccc2OC)c1OC. The van der Waals surface area contributed by atoms with Gasteiger partial charge >= 0.3 is 0 Å². The number of nitrogens with zero attached hydrogens (tertiary/aromatic N) is 1. The van der Waals surface area contributed by atoms with Crippen molar-refractivity contribution in [2.45, 2.75) is 13.1 Å². The summed E-state index contributed by atoms with van der Waals surface area (Å²) in [5, 5.41) is 3.50. The zero-order chi connectivity index (χ0) is 21.1. The molecule has 1 amide bonds. The Morgan fingerprint density at radius 3 is 2.40 bits per heavy atom. The molecule has 0 unspecified atom stereocenters. The van der Waals surface area contributed by atoms with E-state index in [2.05, 4.69) is 5.32 Å². The van der Waals surface area contributed by atoms with Gasteiger partial charge in [0.25, 0.3) is 5.91 Å². The number of hydrogen-bond acceptors (Lipinski definition) is 5. The van der Waals surface area contributed by atoms with Crippen LogP contribution in [-0.2, 0) is 0 Å². The molecule has 0 bridgehead atoms. The predicted molar refractivity (Wildman–Crippen MR) is 117 cm³/mol. The Labute approximate surface area is 176 Å². The number of benzene rings is 3. The van der Waals surface area contributed by atoms with E-state index in [9.17, 15) is 4.79 Å². The summed E-state index contributed by atoms with van der Waals surface area (Å²) in [6.07, 6.45) is -0.515. The number of ether oxygens (including phenoxy) is 3. The van der Waals surface area contributed by atoms with Gasteiger partial charge in [-0.25, -0.2) is 0 Å². The maximum Gasteiger partial charge on any atom is 0.262 e.